The van der Waals surface area contributed by atoms with Gasteiger partial charge >= 0.3 is 5.97 Å². The third-order valence-corrected chi connectivity index (χ3v) is 4.76. The second-order valence-electron chi connectivity index (χ2n) is 6.44. The first-order valence-corrected chi connectivity index (χ1v) is 8.83. The van der Waals surface area contributed by atoms with E-state index < -0.39 is 5.97 Å². The van der Waals surface area contributed by atoms with Crippen LogP contribution in [0.25, 0.3) is 11.3 Å². The monoisotopic (exact) mass is 380 g/mol. The number of fused-ring (bicyclic) bond motifs is 1. The molecular formula is C21H17FN2O4. The third-order valence-electron chi connectivity index (χ3n) is 4.76. The van der Waals surface area contributed by atoms with Crippen molar-refractivity contribution in [3.05, 3.63) is 71.2 Å². The second-order valence-corrected chi connectivity index (χ2v) is 6.44. The Balaban J connectivity index is 1.66. The van der Waals surface area contributed by atoms with Crippen LogP contribution in [0.2, 0.25) is 0 Å². The summed E-state index contributed by atoms with van der Waals surface area (Å²) in [6.07, 6.45) is 1.40. The van der Waals surface area contributed by atoms with Gasteiger partial charge in [-0.1, -0.05) is 11.2 Å². The number of hydrogen-bond donors (Lipinski definition) is 0. The minimum atomic E-state index is -0.425. The van der Waals surface area contributed by atoms with E-state index >= 15 is 0 Å². The van der Waals surface area contributed by atoms with E-state index in [9.17, 15) is 14.0 Å². The fourth-order valence-corrected chi connectivity index (χ4v) is 3.40. The van der Waals surface area contributed by atoms with Gasteiger partial charge in [0.2, 0.25) is 0 Å². The molecule has 0 saturated carbocycles. The normalized spacial score (nSPS) is 13.1. The zero-order valence-corrected chi connectivity index (χ0v) is 15.1. The second kappa shape index (κ2) is 7.26. The Kier molecular flexibility index (Phi) is 4.65. The fraction of sp³-hybridized carbons (Fsp3) is 0.190. The average Bonchev–Trinajstić information content (AvgIpc) is 3.22. The highest BCUT2D eigenvalue weighted by molar-refractivity contribution is 6.07. The predicted molar refractivity (Wildman–Crippen MR) is 99.7 cm³/mol. The number of nitrogens with zero attached hydrogens (tertiary/aromatic N) is 2. The van der Waals surface area contributed by atoms with Crippen LogP contribution in [0, 0.1) is 5.82 Å². The van der Waals surface area contributed by atoms with Gasteiger partial charge in [0.1, 0.15) is 5.82 Å². The Morgan fingerprint density at radius 1 is 1.18 bits per heavy atom. The van der Waals surface area contributed by atoms with E-state index in [1.807, 2.05) is 0 Å². The van der Waals surface area contributed by atoms with Crippen molar-refractivity contribution < 1.29 is 23.2 Å². The summed E-state index contributed by atoms with van der Waals surface area (Å²) in [5.41, 5.74) is 2.70. The van der Waals surface area contributed by atoms with Crippen molar-refractivity contribution in [3.8, 4) is 11.3 Å². The number of anilines is 1. The standard InChI is InChI=1S/C21H17FN2O4/c1-27-21(26)16-4-2-6-18-15(16)5-3-11-24(18)20(25)17-12-19(28-23-17)13-7-9-14(22)10-8-13/h2,4,6-10,12H,3,5,11H2,1H3. The number of ether oxygens (including phenoxy) is 1. The number of methoxy groups -OCH3 is 1. The van der Waals surface area contributed by atoms with Crippen molar-refractivity contribution in [1.29, 1.82) is 0 Å². The van der Waals surface area contributed by atoms with Crippen LogP contribution in [-0.4, -0.2) is 30.7 Å². The lowest BCUT2D eigenvalue weighted by atomic mass is 9.96. The molecule has 142 valence electrons. The molecule has 0 aliphatic carbocycles. The van der Waals surface area contributed by atoms with Gasteiger partial charge in [0.05, 0.1) is 12.7 Å². The van der Waals surface area contributed by atoms with Gasteiger partial charge in [-0.2, -0.15) is 0 Å². The first-order valence-electron chi connectivity index (χ1n) is 8.83. The number of halogens is 1. The number of carbonyl (C=O) groups is 2. The number of rotatable bonds is 3. The van der Waals surface area contributed by atoms with E-state index in [4.69, 9.17) is 9.26 Å². The van der Waals surface area contributed by atoms with Crippen LogP contribution in [0.1, 0.15) is 32.8 Å². The van der Waals surface area contributed by atoms with E-state index in [-0.39, 0.29) is 17.4 Å². The molecule has 4 rings (SSSR count). The minimum Gasteiger partial charge on any atom is -0.465 e. The summed E-state index contributed by atoms with van der Waals surface area (Å²) in [4.78, 5) is 26.7. The third kappa shape index (κ3) is 3.15. The van der Waals surface area contributed by atoms with E-state index in [0.717, 1.165) is 12.0 Å². The Labute approximate surface area is 160 Å². The van der Waals surface area contributed by atoms with Gasteiger partial charge in [-0.05, 0) is 54.8 Å². The lowest BCUT2D eigenvalue weighted by Crippen LogP contribution is -2.36. The molecule has 0 bridgehead atoms. The van der Waals surface area contributed by atoms with E-state index in [2.05, 4.69) is 5.16 Å². The summed E-state index contributed by atoms with van der Waals surface area (Å²) in [5.74, 6) is -0.721. The Morgan fingerprint density at radius 2 is 1.96 bits per heavy atom. The van der Waals surface area contributed by atoms with Crippen molar-refractivity contribution in [2.75, 3.05) is 18.6 Å². The summed E-state index contributed by atoms with van der Waals surface area (Å²) in [6, 6.07) is 12.5. The fourth-order valence-electron chi connectivity index (χ4n) is 3.40. The summed E-state index contributed by atoms with van der Waals surface area (Å²) < 4.78 is 23.2. The number of carbonyl (C=O) groups excluding carboxylic acids is 2. The van der Waals surface area contributed by atoms with Crippen LogP contribution in [-0.2, 0) is 11.2 Å². The summed E-state index contributed by atoms with van der Waals surface area (Å²) >= 11 is 0. The smallest absolute Gasteiger partial charge is 0.338 e. The number of amides is 1. The lowest BCUT2D eigenvalue weighted by molar-refractivity contribution is 0.0599. The van der Waals surface area contributed by atoms with E-state index in [1.165, 1.54) is 25.3 Å². The van der Waals surface area contributed by atoms with Gasteiger partial charge in [0, 0.05) is 23.9 Å². The van der Waals surface area contributed by atoms with Crippen LogP contribution < -0.4 is 4.90 Å². The van der Waals surface area contributed by atoms with E-state index in [0.29, 0.717) is 35.5 Å². The van der Waals surface area contributed by atoms with Crippen molar-refractivity contribution in [2.45, 2.75) is 12.8 Å². The molecule has 0 fully saturated rings. The van der Waals surface area contributed by atoms with Gasteiger partial charge in [0.15, 0.2) is 11.5 Å². The molecule has 1 aliphatic rings. The molecule has 6 nitrogen and oxygen atoms in total. The molecule has 0 spiro atoms. The molecular weight excluding hydrogens is 363 g/mol. The predicted octanol–water partition coefficient (Wildman–Crippen LogP) is 3.86. The molecule has 28 heavy (non-hydrogen) atoms. The van der Waals surface area contributed by atoms with Crippen LogP contribution in [0.15, 0.2) is 53.1 Å². The molecule has 3 aromatic rings. The van der Waals surface area contributed by atoms with Gasteiger partial charge in [0.25, 0.3) is 5.91 Å². The highest BCUT2D eigenvalue weighted by Gasteiger charge is 2.28. The largest absolute Gasteiger partial charge is 0.465 e. The molecule has 2 heterocycles. The SMILES string of the molecule is COC(=O)c1cccc2c1CCCN2C(=O)c1cc(-c2ccc(F)cc2)on1. The first-order chi connectivity index (χ1) is 13.6. The van der Waals surface area contributed by atoms with Crippen molar-refractivity contribution >= 4 is 17.6 Å². The van der Waals surface area contributed by atoms with Crippen LogP contribution in [0.3, 0.4) is 0 Å². The highest BCUT2D eigenvalue weighted by Crippen LogP contribution is 2.32. The van der Waals surface area contributed by atoms with Gasteiger partial charge in [-0.3, -0.25) is 4.79 Å². The topological polar surface area (TPSA) is 72.6 Å². The average molecular weight is 380 g/mol. The van der Waals surface area contributed by atoms with Gasteiger partial charge in [-0.15, -0.1) is 0 Å². The molecule has 2 aromatic carbocycles. The molecule has 1 aromatic heterocycles. The minimum absolute atomic E-state index is 0.149. The highest BCUT2D eigenvalue weighted by atomic mass is 19.1. The molecule has 1 amide bonds. The number of aromatic nitrogens is 1. The summed E-state index contributed by atoms with van der Waals surface area (Å²) in [5, 5.41) is 3.89. The first kappa shape index (κ1) is 17.9. The van der Waals surface area contributed by atoms with Crippen LogP contribution >= 0.6 is 0 Å². The zero-order chi connectivity index (χ0) is 19.7. The zero-order valence-electron chi connectivity index (χ0n) is 15.1. The van der Waals surface area contributed by atoms with Crippen molar-refractivity contribution in [2.24, 2.45) is 0 Å². The molecule has 0 unspecified atom stereocenters. The maximum Gasteiger partial charge on any atom is 0.338 e. The van der Waals surface area contributed by atoms with Gasteiger partial charge < -0.3 is 14.2 Å². The summed E-state index contributed by atoms with van der Waals surface area (Å²) in [7, 11) is 1.33. The maximum absolute atomic E-state index is 13.1. The molecule has 0 atom stereocenters. The molecule has 7 heteroatoms. The van der Waals surface area contributed by atoms with Crippen LogP contribution in [0.5, 0.6) is 0 Å². The number of benzene rings is 2. The Hall–Kier alpha value is -3.48. The molecule has 0 N–H and O–H groups in total. The Morgan fingerprint density at radius 3 is 2.71 bits per heavy atom. The van der Waals surface area contributed by atoms with Crippen molar-refractivity contribution in [3.63, 3.8) is 0 Å². The number of esters is 1. The van der Waals surface area contributed by atoms with Gasteiger partial charge in [-0.25, -0.2) is 9.18 Å². The molecule has 1 aliphatic heterocycles. The van der Waals surface area contributed by atoms with E-state index in [1.54, 1.807) is 35.2 Å². The lowest BCUT2D eigenvalue weighted by Gasteiger charge is -2.29. The number of hydrogen-bond acceptors (Lipinski definition) is 5. The van der Waals surface area contributed by atoms with Crippen LogP contribution in [0.4, 0.5) is 10.1 Å². The molecule has 0 saturated heterocycles. The molecule has 0 radical (unpaired) electrons. The van der Waals surface area contributed by atoms with Crippen molar-refractivity contribution in [1.82, 2.24) is 5.16 Å². The Bertz CT molecular complexity index is 1040. The maximum atomic E-state index is 13.1. The quantitative estimate of drug-likeness (QED) is 0.645. The summed E-state index contributed by atoms with van der Waals surface area (Å²) in [6.45, 7) is 0.509.